The fraction of sp³-hybridized carbons (Fsp3) is 0.727. The van der Waals surface area contributed by atoms with Crippen molar-refractivity contribution in [1.29, 1.82) is 0 Å². The van der Waals surface area contributed by atoms with Gasteiger partial charge in [0, 0.05) is 13.2 Å². The Bertz CT molecular complexity index is 89.0. The predicted molar refractivity (Wildman–Crippen MR) is 54.1 cm³/mol. The van der Waals surface area contributed by atoms with E-state index in [1.807, 2.05) is 6.08 Å². The molecule has 0 N–H and O–H groups in total. The van der Waals surface area contributed by atoms with E-state index in [9.17, 15) is 0 Å². The van der Waals surface area contributed by atoms with Crippen molar-refractivity contribution in [2.75, 3.05) is 13.2 Å². The number of hydrogen-bond donors (Lipinski definition) is 0. The first-order chi connectivity index (χ1) is 5.91. The molecule has 0 saturated carbocycles. The second-order valence-electron chi connectivity index (χ2n) is 2.96. The van der Waals surface area contributed by atoms with Gasteiger partial charge in [-0.25, -0.2) is 0 Å². The van der Waals surface area contributed by atoms with Gasteiger partial charge in [-0.15, -0.1) is 6.58 Å². The van der Waals surface area contributed by atoms with Gasteiger partial charge in [-0.2, -0.15) is 0 Å². The lowest BCUT2D eigenvalue weighted by Crippen LogP contribution is -1.95. The van der Waals surface area contributed by atoms with Crippen LogP contribution in [0.1, 0.15) is 38.5 Å². The van der Waals surface area contributed by atoms with E-state index in [1.54, 1.807) is 0 Å². The van der Waals surface area contributed by atoms with Crippen LogP contribution in [0.4, 0.5) is 0 Å². The van der Waals surface area contributed by atoms with Crippen LogP contribution in [0.15, 0.2) is 12.7 Å². The van der Waals surface area contributed by atoms with Crippen molar-refractivity contribution >= 4 is 0 Å². The zero-order valence-corrected chi connectivity index (χ0v) is 8.06. The summed E-state index contributed by atoms with van der Waals surface area (Å²) >= 11 is 0. The fourth-order valence-corrected chi connectivity index (χ4v) is 1.05. The van der Waals surface area contributed by atoms with Crippen LogP contribution in [-0.2, 0) is 4.74 Å². The van der Waals surface area contributed by atoms with E-state index in [1.165, 1.54) is 25.7 Å². The number of ether oxygens (including phenoxy) is 1. The summed E-state index contributed by atoms with van der Waals surface area (Å²) in [5.74, 6) is 0. The van der Waals surface area contributed by atoms with Crippen molar-refractivity contribution in [3.63, 3.8) is 0 Å². The molecule has 0 aromatic rings. The highest BCUT2D eigenvalue weighted by molar-refractivity contribution is 4.65. The van der Waals surface area contributed by atoms with Crippen LogP contribution < -0.4 is 0 Å². The summed E-state index contributed by atoms with van der Waals surface area (Å²) < 4.78 is 5.31. The van der Waals surface area contributed by atoms with Crippen molar-refractivity contribution in [3.8, 4) is 0 Å². The van der Waals surface area contributed by atoms with Gasteiger partial charge >= 0.3 is 0 Å². The Morgan fingerprint density at radius 3 is 2.42 bits per heavy atom. The van der Waals surface area contributed by atoms with Gasteiger partial charge in [-0.05, 0) is 25.7 Å². The molecule has 0 spiro atoms. The number of unbranched alkanes of at least 4 members (excludes halogenated alkanes) is 4. The molecule has 0 aromatic carbocycles. The molecule has 0 atom stereocenters. The zero-order chi connectivity index (χ0) is 9.07. The summed E-state index contributed by atoms with van der Waals surface area (Å²) in [6.45, 7) is 9.11. The van der Waals surface area contributed by atoms with Gasteiger partial charge in [-0.3, -0.25) is 0 Å². The average Bonchev–Trinajstić information content (AvgIpc) is 2.10. The molecule has 71 valence electrons. The SMILES string of the molecule is [CH2]CCOCCCCCCC=C. The Balaban J connectivity index is 2.77. The van der Waals surface area contributed by atoms with Gasteiger partial charge in [0.15, 0.2) is 0 Å². The van der Waals surface area contributed by atoms with Crippen molar-refractivity contribution in [2.24, 2.45) is 0 Å². The highest BCUT2D eigenvalue weighted by atomic mass is 16.5. The Morgan fingerprint density at radius 1 is 1.00 bits per heavy atom. The molecule has 0 rings (SSSR count). The van der Waals surface area contributed by atoms with Crippen LogP contribution in [0, 0.1) is 6.92 Å². The second kappa shape index (κ2) is 10.7. The van der Waals surface area contributed by atoms with E-state index < -0.39 is 0 Å². The van der Waals surface area contributed by atoms with Gasteiger partial charge in [0.1, 0.15) is 0 Å². The van der Waals surface area contributed by atoms with Gasteiger partial charge in [0.25, 0.3) is 0 Å². The molecular weight excluding hydrogens is 148 g/mol. The van der Waals surface area contributed by atoms with Crippen molar-refractivity contribution in [2.45, 2.75) is 38.5 Å². The third-order valence-electron chi connectivity index (χ3n) is 1.74. The normalized spacial score (nSPS) is 10.1. The van der Waals surface area contributed by atoms with Crippen LogP contribution in [0.2, 0.25) is 0 Å². The summed E-state index contributed by atoms with van der Waals surface area (Å²) in [5, 5.41) is 0. The molecule has 1 heteroatoms. The average molecular weight is 169 g/mol. The maximum Gasteiger partial charge on any atom is 0.0466 e. The lowest BCUT2D eigenvalue weighted by Gasteiger charge is -2.01. The van der Waals surface area contributed by atoms with Crippen LogP contribution in [-0.4, -0.2) is 13.2 Å². The summed E-state index contributed by atoms with van der Waals surface area (Å²) in [4.78, 5) is 0. The molecule has 12 heavy (non-hydrogen) atoms. The van der Waals surface area contributed by atoms with Crippen LogP contribution in [0.3, 0.4) is 0 Å². The zero-order valence-electron chi connectivity index (χ0n) is 8.06. The first-order valence-corrected chi connectivity index (χ1v) is 4.89. The maximum atomic E-state index is 5.31. The highest BCUT2D eigenvalue weighted by Gasteiger charge is 1.89. The molecule has 1 radical (unpaired) electrons. The molecule has 0 aliphatic rings. The Kier molecular flexibility index (Phi) is 10.4. The largest absolute Gasteiger partial charge is 0.381 e. The summed E-state index contributed by atoms with van der Waals surface area (Å²) in [6, 6.07) is 0. The highest BCUT2D eigenvalue weighted by Crippen LogP contribution is 2.03. The van der Waals surface area contributed by atoms with Crippen molar-refractivity contribution in [3.05, 3.63) is 19.6 Å². The van der Waals surface area contributed by atoms with Crippen molar-refractivity contribution < 1.29 is 4.74 Å². The Morgan fingerprint density at radius 2 is 1.75 bits per heavy atom. The molecule has 0 aliphatic heterocycles. The van der Waals surface area contributed by atoms with Gasteiger partial charge in [0.05, 0.1) is 0 Å². The molecule has 0 heterocycles. The third-order valence-corrected chi connectivity index (χ3v) is 1.74. The first kappa shape index (κ1) is 11.7. The smallest absolute Gasteiger partial charge is 0.0466 e. The standard InChI is InChI=1S/C11H21O/c1-3-5-6-7-8-9-11-12-10-4-2/h3H,1-2,4-11H2. The van der Waals surface area contributed by atoms with E-state index in [4.69, 9.17) is 4.74 Å². The summed E-state index contributed by atoms with van der Waals surface area (Å²) in [6.07, 6.45) is 9.08. The van der Waals surface area contributed by atoms with E-state index in [-0.39, 0.29) is 0 Å². The topological polar surface area (TPSA) is 9.23 Å². The van der Waals surface area contributed by atoms with E-state index in [0.29, 0.717) is 0 Å². The van der Waals surface area contributed by atoms with Gasteiger partial charge in [0.2, 0.25) is 0 Å². The van der Waals surface area contributed by atoms with Crippen LogP contribution in [0.25, 0.3) is 0 Å². The summed E-state index contributed by atoms with van der Waals surface area (Å²) in [7, 11) is 0. The molecular formula is C11H21O. The molecule has 1 nitrogen and oxygen atoms in total. The van der Waals surface area contributed by atoms with Gasteiger partial charge in [-0.1, -0.05) is 25.8 Å². The minimum Gasteiger partial charge on any atom is -0.381 e. The molecule has 0 saturated heterocycles. The third kappa shape index (κ3) is 9.70. The molecule has 0 bridgehead atoms. The number of rotatable bonds is 9. The Hall–Kier alpha value is -0.300. The number of hydrogen-bond acceptors (Lipinski definition) is 1. The first-order valence-electron chi connectivity index (χ1n) is 4.89. The van der Waals surface area contributed by atoms with Crippen LogP contribution >= 0.6 is 0 Å². The lowest BCUT2D eigenvalue weighted by atomic mass is 10.1. The van der Waals surface area contributed by atoms with E-state index in [0.717, 1.165) is 26.1 Å². The molecule has 0 fully saturated rings. The molecule has 0 aliphatic carbocycles. The lowest BCUT2D eigenvalue weighted by molar-refractivity contribution is 0.134. The van der Waals surface area contributed by atoms with Crippen LogP contribution in [0.5, 0.6) is 0 Å². The molecule has 0 aromatic heterocycles. The van der Waals surface area contributed by atoms with Crippen molar-refractivity contribution in [1.82, 2.24) is 0 Å². The summed E-state index contributed by atoms with van der Waals surface area (Å²) in [5.41, 5.74) is 0. The Labute approximate surface area is 76.8 Å². The quantitative estimate of drug-likeness (QED) is 0.380. The van der Waals surface area contributed by atoms with E-state index >= 15 is 0 Å². The molecule has 0 amide bonds. The second-order valence-corrected chi connectivity index (χ2v) is 2.96. The number of allylic oxidation sites excluding steroid dienone is 1. The van der Waals surface area contributed by atoms with E-state index in [2.05, 4.69) is 13.5 Å². The van der Waals surface area contributed by atoms with Gasteiger partial charge < -0.3 is 4.74 Å². The minimum atomic E-state index is 0.812. The fourth-order valence-electron chi connectivity index (χ4n) is 1.05. The maximum absolute atomic E-state index is 5.31. The minimum absolute atomic E-state index is 0.812. The molecule has 0 unspecified atom stereocenters. The predicted octanol–water partition coefficient (Wildman–Crippen LogP) is 3.36. The monoisotopic (exact) mass is 169 g/mol.